The Balaban J connectivity index is 0.00000225. The molecule has 2 fully saturated rings. The van der Waals surface area contributed by atoms with Gasteiger partial charge in [-0.3, -0.25) is 4.79 Å². The number of carbonyl (C=O) groups excluding carboxylic acids is 1. The van der Waals surface area contributed by atoms with Crippen molar-refractivity contribution in [3.05, 3.63) is 35.5 Å². The van der Waals surface area contributed by atoms with Gasteiger partial charge in [-0.1, -0.05) is 5.16 Å². The minimum Gasteiger partial charge on any atom is -0.343 e. The van der Waals surface area contributed by atoms with Gasteiger partial charge in [0.2, 0.25) is 17.6 Å². The molecule has 0 bridgehead atoms. The molecule has 2 aromatic rings. The summed E-state index contributed by atoms with van der Waals surface area (Å²) in [4.78, 5) is 18.9. The average Bonchev–Trinajstić information content (AvgIpc) is 3.28. The fourth-order valence-electron chi connectivity index (χ4n) is 4.10. The molecule has 2 saturated heterocycles. The third kappa shape index (κ3) is 4.52. The van der Waals surface area contributed by atoms with Crippen LogP contribution in [0.25, 0.3) is 11.4 Å². The molecule has 2 aliphatic rings. The topological polar surface area (TPSA) is 71.3 Å². The van der Waals surface area contributed by atoms with E-state index in [0.29, 0.717) is 47.5 Å². The molecular weight excluding hydrogens is 383 g/mol. The smallest absolute Gasteiger partial charge is 0.227 e. The Hall–Kier alpha value is -1.99. The number of likely N-dealkylation sites (tertiary alicyclic amines) is 1. The molecule has 1 N–H and O–H groups in total. The minimum atomic E-state index is -0.259. The molecule has 28 heavy (non-hydrogen) atoms. The number of aromatic nitrogens is 2. The highest BCUT2D eigenvalue weighted by Crippen LogP contribution is 2.27. The van der Waals surface area contributed by atoms with E-state index < -0.39 is 0 Å². The summed E-state index contributed by atoms with van der Waals surface area (Å²) in [5.41, 5.74) is 1.25. The lowest BCUT2D eigenvalue weighted by Crippen LogP contribution is -2.32. The number of carbonyl (C=O) groups is 1. The van der Waals surface area contributed by atoms with E-state index in [-0.39, 0.29) is 24.1 Å². The van der Waals surface area contributed by atoms with Crippen molar-refractivity contribution in [2.24, 2.45) is 11.8 Å². The van der Waals surface area contributed by atoms with Crippen LogP contribution in [-0.4, -0.2) is 47.1 Å². The van der Waals surface area contributed by atoms with Crippen LogP contribution in [0, 0.1) is 24.6 Å². The van der Waals surface area contributed by atoms with Crippen molar-refractivity contribution in [3.8, 4) is 11.4 Å². The summed E-state index contributed by atoms with van der Waals surface area (Å²) in [5, 5.41) is 7.41. The highest BCUT2D eigenvalue weighted by molar-refractivity contribution is 5.85. The molecule has 0 spiro atoms. The van der Waals surface area contributed by atoms with Crippen molar-refractivity contribution in [2.45, 2.75) is 32.6 Å². The Morgan fingerprint density at radius 2 is 2.00 bits per heavy atom. The lowest BCUT2D eigenvalue weighted by atomic mass is 9.92. The molecule has 1 amide bonds. The third-order valence-corrected chi connectivity index (χ3v) is 5.81. The Labute approximate surface area is 170 Å². The lowest BCUT2D eigenvalue weighted by Gasteiger charge is -2.20. The Morgan fingerprint density at radius 1 is 1.29 bits per heavy atom. The first-order valence-corrected chi connectivity index (χ1v) is 9.68. The van der Waals surface area contributed by atoms with Gasteiger partial charge < -0.3 is 14.7 Å². The average molecular weight is 409 g/mol. The number of nitrogens with zero attached hydrogens (tertiary/aromatic N) is 3. The summed E-state index contributed by atoms with van der Waals surface area (Å²) in [5.74, 6) is 2.18. The molecule has 0 radical (unpaired) electrons. The van der Waals surface area contributed by atoms with Crippen molar-refractivity contribution >= 4 is 18.3 Å². The number of hydrogen-bond donors (Lipinski definition) is 1. The molecule has 0 unspecified atom stereocenters. The van der Waals surface area contributed by atoms with Gasteiger partial charge in [0.15, 0.2) is 0 Å². The van der Waals surface area contributed by atoms with Gasteiger partial charge in [0, 0.05) is 31.5 Å². The first kappa shape index (κ1) is 20.7. The van der Waals surface area contributed by atoms with Gasteiger partial charge in [0.05, 0.1) is 0 Å². The van der Waals surface area contributed by atoms with Crippen molar-refractivity contribution in [3.63, 3.8) is 0 Å². The fourth-order valence-corrected chi connectivity index (χ4v) is 4.10. The number of benzene rings is 1. The van der Waals surface area contributed by atoms with Crippen LogP contribution in [-0.2, 0) is 11.2 Å². The van der Waals surface area contributed by atoms with E-state index in [0.717, 1.165) is 39.0 Å². The van der Waals surface area contributed by atoms with Gasteiger partial charge in [-0.2, -0.15) is 4.98 Å². The van der Waals surface area contributed by atoms with E-state index in [1.165, 1.54) is 6.07 Å². The number of nitrogens with one attached hydrogen (secondary N) is 1. The molecule has 2 atom stereocenters. The molecule has 1 aromatic heterocycles. The Morgan fingerprint density at radius 3 is 2.68 bits per heavy atom. The van der Waals surface area contributed by atoms with Gasteiger partial charge in [0.1, 0.15) is 5.82 Å². The molecule has 0 saturated carbocycles. The normalized spacial score (nSPS) is 21.7. The van der Waals surface area contributed by atoms with Gasteiger partial charge in [-0.25, -0.2) is 4.39 Å². The molecule has 8 heteroatoms. The number of fused-ring (bicyclic) bond motifs is 1. The fraction of sp³-hybridized carbons (Fsp3) is 0.550. The highest BCUT2D eigenvalue weighted by Gasteiger charge is 2.31. The maximum atomic E-state index is 13.4. The molecule has 2 aliphatic heterocycles. The molecule has 152 valence electrons. The highest BCUT2D eigenvalue weighted by atomic mass is 35.5. The van der Waals surface area contributed by atoms with Crippen molar-refractivity contribution < 1.29 is 13.7 Å². The zero-order chi connectivity index (χ0) is 18.8. The van der Waals surface area contributed by atoms with Crippen LogP contribution in [0.1, 0.15) is 30.7 Å². The number of amides is 1. The maximum Gasteiger partial charge on any atom is 0.227 e. The summed E-state index contributed by atoms with van der Waals surface area (Å²) in [7, 11) is 0. The van der Waals surface area contributed by atoms with Crippen LogP contribution < -0.4 is 5.32 Å². The van der Waals surface area contributed by atoms with Gasteiger partial charge >= 0.3 is 0 Å². The first-order chi connectivity index (χ1) is 13.1. The predicted octanol–water partition coefficient (Wildman–Crippen LogP) is 3.00. The van der Waals surface area contributed by atoms with E-state index in [9.17, 15) is 9.18 Å². The van der Waals surface area contributed by atoms with Gasteiger partial charge in [-0.15, -0.1) is 12.4 Å². The second-order valence-electron chi connectivity index (χ2n) is 7.61. The maximum absolute atomic E-state index is 13.4. The van der Waals surface area contributed by atoms with Crippen LogP contribution in [0.5, 0.6) is 0 Å². The summed E-state index contributed by atoms with van der Waals surface area (Å²) in [6, 6.07) is 4.72. The molecular formula is C20H26ClFN4O2. The van der Waals surface area contributed by atoms with E-state index in [1.54, 1.807) is 19.1 Å². The summed E-state index contributed by atoms with van der Waals surface area (Å²) in [6.45, 7) is 5.54. The summed E-state index contributed by atoms with van der Waals surface area (Å²) >= 11 is 0. The van der Waals surface area contributed by atoms with E-state index in [2.05, 4.69) is 15.5 Å². The quantitative estimate of drug-likeness (QED) is 0.842. The van der Waals surface area contributed by atoms with Crippen molar-refractivity contribution in [2.75, 3.05) is 26.2 Å². The van der Waals surface area contributed by atoms with Crippen LogP contribution in [0.3, 0.4) is 0 Å². The van der Waals surface area contributed by atoms with E-state index in [1.807, 2.05) is 4.90 Å². The van der Waals surface area contributed by atoms with Gasteiger partial charge in [-0.05, 0) is 68.5 Å². The van der Waals surface area contributed by atoms with Crippen molar-refractivity contribution in [1.82, 2.24) is 20.4 Å². The zero-order valence-electron chi connectivity index (χ0n) is 16.0. The second-order valence-corrected chi connectivity index (χ2v) is 7.61. The minimum absolute atomic E-state index is 0. The van der Waals surface area contributed by atoms with Crippen LogP contribution >= 0.6 is 12.4 Å². The Bertz CT molecular complexity index is 814. The molecule has 6 nitrogen and oxygen atoms in total. The standard InChI is InChI=1S/C20H25FN4O2.ClH/c1-13-10-14(2-3-17(13)21)20-23-18(27-24-20)4-5-19(26)25-8-6-15-11-22-12-16(15)7-9-25;/h2-3,10,15-16,22H,4-9,11-12H2,1H3;1H/t15-,16+;. The van der Waals surface area contributed by atoms with Crippen LogP contribution in [0.4, 0.5) is 4.39 Å². The number of aryl methyl sites for hydroxylation is 2. The van der Waals surface area contributed by atoms with Crippen LogP contribution in [0.15, 0.2) is 22.7 Å². The molecule has 1 aromatic carbocycles. The monoisotopic (exact) mass is 408 g/mol. The van der Waals surface area contributed by atoms with E-state index in [4.69, 9.17) is 4.52 Å². The van der Waals surface area contributed by atoms with Crippen molar-refractivity contribution in [1.29, 1.82) is 0 Å². The molecule has 3 heterocycles. The largest absolute Gasteiger partial charge is 0.343 e. The Kier molecular flexibility index (Phi) is 6.67. The van der Waals surface area contributed by atoms with Gasteiger partial charge in [0.25, 0.3) is 0 Å². The summed E-state index contributed by atoms with van der Waals surface area (Å²) in [6.07, 6.45) is 2.96. The summed E-state index contributed by atoms with van der Waals surface area (Å²) < 4.78 is 18.7. The number of hydrogen-bond acceptors (Lipinski definition) is 5. The number of rotatable bonds is 4. The van der Waals surface area contributed by atoms with E-state index >= 15 is 0 Å². The molecule has 4 rings (SSSR count). The zero-order valence-corrected chi connectivity index (χ0v) is 16.8. The molecule has 0 aliphatic carbocycles. The van der Waals surface area contributed by atoms with Crippen LogP contribution in [0.2, 0.25) is 0 Å². The predicted molar refractivity (Wildman–Crippen MR) is 106 cm³/mol. The third-order valence-electron chi connectivity index (χ3n) is 5.81. The number of halogens is 2. The first-order valence-electron chi connectivity index (χ1n) is 9.68. The lowest BCUT2D eigenvalue weighted by molar-refractivity contribution is -0.131. The second kappa shape index (κ2) is 9.01. The SMILES string of the molecule is Cc1cc(-c2noc(CCC(=O)N3CC[C@@H]4CNC[C@@H]4CC3)n2)ccc1F.Cl.